The molecule has 0 spiro atoms. The zero-order valence-electron chi connectivity index (χ0n) is 11.7. The fraction of sp³-hybridized carbons (Fsp3) is 0.857. The number of carbonyl (C=O) groups excluding carboxylic acids is 2. The standard InChI is InChI=1S/C14H24N2O2.ClH/c1-2-3-4-5-6-7-8-16-13(17)11-9-15-10-12(11)14(16)18;/h11-12,15H,2-10H2,1H3;1H/t11-,12+;. The average molecular weight is 289 g/mol. The summed E-state index contributed by atoms with van der Waals surface area (Å²) in [5.41, 5.74) is 0. The normalized spacial score (nSPS) is 25.6. The molecule has 2 saturated heterocycles. The number of carbonyl (C=O) groups is 2. The van der Waals surface area contributed by atoms with Crippen LogP contribution < -0.4 is 5.32 Å². The lowest BCUT2D eigenvalue weighted by atomic mass is 10.00. The van der Waals surface area contributed by atoms with E-state index in [9.17, 15) is 9.59 Å². The van der Waals surface area contributed by atoms with Crippen LogP contribution in [0, 0.1) is 11.8 Å². The highest BCUT2D eigenvalue weighted by Gasteiger charge is 2.49. The molecule has 0 saturated carbocycles. The topological polar surface area (TPSA) is 49.4 Å². The van der Waals surface area contributed by atoms with Crippen molar-refractivity contribution in [1.82, 2.24) is 10.2 Å². The second-order valence-corrected chi connectivity index (χ2v) is 5.47. The van der Waals surface area contributed by atoms with Crippen molar-refractivity contribution in [2.24, 2.45) is 11.8 Å². The number of halogens is 1. The average Bonchev–Trinajstić information content (AvgIpc) is 2.92. The summed E-state index contributed by atoms with van der Waals surface area (Å²) in [6.07, 6.45) is 7.13. The molecular weight excluding hydrogens is 264 g/mol. The number of hydrogen-bond acceptors (Lipinski definition) is 3. The summed E-state index contributed by atoms with van der Waals surface area (Å²) < 4.78 is 0. The van der Waals surface area contributed by atoms with E-state index in [0.29, 0.717) is 19.6 Å². The Kier molecular flexibility index (Phi) is 6.80. The highest BCUT2D eigenvalue weighted by Crippen LogP contribution is 2.29. The Balaban J connectivity index is 0.00000180. The molecule has 2 aliphatic rings. The van der Waals surface area contributed by atoms with Crippen molar-refractivity contribution in [3.05, 3.63) is 0 Å². The van der Waals surface area contributed by atoms with Crippen molar-refractivity contribution in [1.29, 1.82) is 0 Å². The summed E-state index contributed by atoms with van der Waals surface area (Å²) in [5.74, 6) is -0.0256. The van der Waals surface area contributed by atoms with Gasteiger partial charge in [0, 0.05) is 19.6 Å². The van der Waals surface area contributed by atoms with Gasteiger partial charge in [0.05, 0.1) is 11.8 Å². The van der Waals surface area contributed by atoms with E-state index in [1.165, 1.54) is 30.6 Å². The zero-order chi connectivity index (χ0) is 13.0. The Morgan fingerprint density at radius 1 is 1.00 bits per heavy atom. The summed E-state index contributed by atoms with van der Waals surface area (Å²) in [6, 6.07) is 0. The molecule has 5 heteroatoms. The molecule has 2 fully saturated rings. The van der Waals surface area contributed by atoms with E-state index in [1.54, 1.807) is 0 Å². The summed E-state index contributed by atoms with van der Waals surface area (Å²) in [7, 11) is 0. The van der Waals surface area contributed by atoms with Gasteiger partial charge in [-0.25, -0.2) is 0 Å². The van der Waals surface area contributed by atoms with E-state index in [-0.39, 0.29) is 36.1 Å². The number of nitrogens with one attached hydrogen (secondary N) is 1. The summed E-state index contributed by atoms with van der Waals surface area (Å²) in [4.78, 5) is 25.6. The van der Waals surface area contributed by atoms with Crippen LogP contribution in [0.5, 0.6) is 0 Å². The minimum absolute atomic E-state index is 0. The molecule has 2 aliphatic heterocycles. The molecule has 19 heavy (non-hydrogen) atoms. The Bertz CT molecular complexity index is 301. The molecule has 2 rings (SSSR count). The van der Waals surface area contributed by atoms with Crippen LogP contribution in [0.25, 0.3) is 0 Å². The van der Waals surface area contributed by atoms with Gasteiger partial charge in [-0.2, -0.15) is 0 Å². The van der Waals surface area contributed by atoms with Gasteiger partial charge in [-0.15, -0.1) is 12.4 Å². The lowest BCUT2D eigenvalue weighted by molar-refractivity contribution is -0.140. The molecule has 110 valence electrons. The van der Waals surface area contributed by atoms with E-state index in [4.69, 9.17) is 0 Å². The van der Waals surface area contributed by atoms with E-state index in [2.05, 4.69) is 12.2 Å². The largest absolute Gasteiger partial charge is 0.315 e. The molecule has 0 radical (unpaired) electrons. The first-order valence-corrected chi connectivity index (χ1v) is 7.31. The molecule has 0 aromatic heterocycles. The van der Waals surface area contributed by atoms with Gasteiger partial charge in [-0.1, -0.05) is 39.0 Å². The maximum atomic E-state index is 12.0. The third kappa shape index (κ3) is 3.69. The smallest absolute Gasteiger partial charge is 0.234 e. The third-order valence-corrected chi connectivity index (χ3v) is 4.12. The van der Waals surface area contributed by atoms with E-state index in [1.807, 2.05) is 0 Å². The minimum atomic E-state index is -0.0717. The van der Waals surface area contributed by atoms with Crippen molar-refractivity contribution in [2.75, 3.05) is 19.6 Å². The van der Waals surface area contributed by atoms with Gasteiger partial charge in [0.2, 0.25) is 11.8 Å². The van der Waals surface area contributed by atoms with Crippen LogP contribution in [-0.2, 0) is 9.59 Å². The maximum absolute atomic E-state index is 12.0. The predicted molar refractivity (Wildman–Crippen MR) is 77.2 cm³/mol. The Morgan fingerprint density at radius 2 is 1.53 bits per heavy atom. The van der Waals surface area contributed by atoms with Crippen molar-refractivity contribution in [2.45, 2.75) is 45.4 Å². The summed E-state index contributed by atoms with van der Waals surface area (Å²) in [6.45, 7) is 4.20. The number of unbranched alkanes of at least 4 members (excludes halogenated alkanes) is 5. The molecular formula is C14H25ClN2O2. The molecule has 2 amide bonds. The zero-order valence-corrected chi connectivity index (χ0v) is 12.5. The van der Waals surface area contributed by atoms with Crippen LogP contribution in [0.4, 0.5) is 0 Å². The first-order valence-electron chi connectivity index (χ1n) is 7.31. The quantitative estimate of drug-likeness (QED) is 0.576. The first-order chi connectivity index (χ1) is 8.75. The maximum Gasteiger partial charge on any atom is 0.234 e. The molecule has 0 unspecified atom stereocenters. The summed E-state index contributed by atoms with van der Waals surface area (Å²) >= 11 is 0. The fourth-order valence-corrected chi connectivity index (χ4v) is 2.98. The van der Waals surface area contributed by atoms with Gasteiger partial charge in [-0.3, -0.25) is 14.5 Å². The molecule has 4 nitrogen and oxygen atoms in total. The number of rotatable bonds is 7. The Hall–Kier alpha value is -0.610. The van der Waals surface area contributed by atoms with Gasteiger partial charge in [0.15, 0.2) is 0 Å². The van der Waals surface area contributed by atoms with Gasteiger partial charge in [0.1, 0.15) is 0 Å². The monoisotopic (exact) mass is 288 g/mol. The van der Waals surface area contributed by atoms with Crippen LogP contribution in [0.3, 0.4) is 0 Å². The van der Waals surface area contributed by atoms with Crippen LogP contribution in [-0.4, -0.2) is 36.3 Å². The summed E-state index contributed by atoms with van der Waals surface area (Å²) in [5, 5.41) is 3.13. The highest BCUT2D eigenvalue weighted by atomic mass is 35.5. The Morgan fingerprint density at radius 3 is 2.11 bits per heavy atom. The van der Waals surface area contributed by atoms with Crippen molar-refractivity contribution in [3.8, 4) is 0 Å². The minimum Gasteiger partial charge on any atom is -0.315 e. The van der Waals surface area contributed by atoms with E-state index in [0.717, 1.165) is 12.8 Å². The second kappa shape index (κ2) is 7.85. The number of fused-ring (bicyclic) bond motifs is 1. The molecule has 0 bridgehead atoms. The van der Waals surface area contributed by atoms with Crippen LogP contribution in [0.1, 0.15) is 45.4 Å². The van der Waals surface area contributed by atoms with Crippen LogP contribution >= 0.6 is 12.4 Å². The number of hydrogen-bond donors (Lipinski definition) is 1. The van der Waals surface area contributed by atoms with Gasteiger partial charge in [0.25, 0.3) is 0 Å². The molecule has 0 aromatic rings. The number of amides is 2. The Labute approximate surface area is 121 Å². The van der Waals surface area contributed by atoms with E-state index < -0.39 is 0 Å². The van der Waals surface area contributed by atoms with Crippen molar-refractivity contribution < 1.29 is 9.59 Å². The van der Waals surface area contributed by atoms with Crippen LogP contribution in [0.15, 0.2) is 0 Å². The highest BCUT2D eigenvalue weighted by molar-refractivity contribution is 6.05. The van der Waals surface area contributed by atoms with Crippen LogP contribution in [0.2, 0.25) is 0 Å². The van der Waals surface area contributed by atoms with Crippen molar-refractivity contribution >= 4 is 24.2 Å². The lowest BCUT2D eigenvalue weighted by Crippen LogP contribution is -2.35. The van der Waals surface area contributed by atoms with E-state index >= 15 is 0 Å². The number of imide groups is 1. The molecule has 0 aliphatic carbocycles. The number of nitrogens with zero attached hydrogens (tertiary/aromatic N) is 1. The predicted octanol–water partition coefficient (Wildman–Crippen LogP) is 1.97. The number of likely N-dealkylation sites (tertiary alicyclic amines) is 1. The van der Waals surface area contributed by atoms with Gasteiger partial charge in [-0.05, 0) is 6.42 Å². The fourth-order valence-electron chi connectivity index (χ4n) is 2.98. The second-order valence-electron chi connectivity index (χ2n) is 5.47. The molecule has 2 atom stereocenters. The van der Waals surface area contributed by atoms with Gasteiger partial charge >= 0.3 is 0 Å². The SMILES string of the molecule is CCCCCCCCN1C(=O)[C@H]2CNC[C@H]2C1=O.Cl. The first kappa shape index (κ1) is 16.4. The van der Waals surface area contributed by atoms with Crippen molar-refractivity contribution in [3.63, 3.8) is 0 Å². The lowest BCUT2D eigenvalue weighted by Gasteiger charge is -2.15. The molecule has 0 aromatic carbocycles. The molecule has 1 N–H and O–H groups in total. The van der Waals surface area contributed by atoms with Gasteiger partial charge < -0.3 is 5.32 Å². The third-order valence-electron chi connectivity index (χ3n) is 4.12. The molecule has 2 heterocycles.